The van der Waals surface area contributed by atoms with Crippen molar-refractivity contribution in [1.29, 1.82) is 0 Å². The average Bonchev–Trinajstić information content (AvgIpc) is 2.89. The van der Waals surface area contributed by atoms with Crippen molar-refractivity contribution in [2.24, 2.45) is 5.10 Å². The van der Waals surface area contributed by atoms with Crippen LogP contribution in [0, 0.1) is 0 Å². The molecule has 3 rings (SSSR count). The van der Waals surface area contributed by atoms with Crippen molar-refractivity contribution in [2.45, 2.75) is 19.8 Å². The fraction of sp³-hybridized carbons (Fsp3) is 0.211. The fourth-order valence-corrected chi connectivity index (χ4v) is 2.85. The highest BCUT2D eigenvalue weighted by Gasteiger charge is 2.24. The van der Waals surface area contributed by atoms with Gasteiger partial charge in [0.25, 0.3) is 0 Å². The number of likely N-dealkylation sites (N-methyl/N-ethyl adjacent to an activating group) is 1. The molecule has 1 aliphatic heterocycles. The first-order valence-corrected chi connectivity index (χ1v) is 8.05. The summed E-state index contributed by atoms with van der Waals surface area (Å²) in [7, 11) is 1.78. The number of nitrogens with zero attached hydrogens (tertiary/aromatic N) is 2. The van der Waals surface area contributed by atoms with Crippen molar-refractivity contribution >= 4 is 29.0 Å². The maximum Gasteiger partial charge on any atom is 0.335 e. The van der Waals surface area contributed by atoms with E-state index in [2.05, 4.69) is 10.5 Å². The lowest BCUT2D eigenvalue weighted by molar-refractivity contribution is -0.117. The first-order chi connectivity index (χ1) is 12.0. The van der Waals surface area contributed by atoms with Crippen LogP contribution in [0.5, 0.6) is 0 Å². The highest BCUT2D eigenvalue weighted by molar-refractivity contribution is 6.05. The van der Waals surface area contributed by atoms with Crippen molar-refractivity contribution < 1.29 is 14.7 Å². The topological polar surface area (TPSA) is 82.0 Å². The van der Waals surface area contributed by atoms with E-state index in [0.717, 1.165) is 22.5 Å². The number of rotatable bonds is 5. The van der Waals surface area contributed by atoms with Crippen molar-refractivity contribution in [3.8, 4) is 0 Å². The van der Waals surface area contributed by atoms with Crippen LogP contribution in [-0.2, 0) is 11.2 Å². The average molecular weight is 337 g/mol. The Morgan fingerprint density at radius 1 is 1.24 bits per heavy atom. The molecule has 0 radical (unpaired) electrons. The molecule has 0 atom stereocenters. The molecule has 1 heterocycles. The molecule has 2 N–H and O–H groups in total. The molecule has 0 spiro atoms. The van der Waals surface area contributed by atoms with Gasteiger partial charge >= 0.3 is 5.97 Å². The van der Waals surface area contributed by atoms with Gasteiger partial charge in [0.2, 0.25) is 5.91 Å². The van der Waals surface area contributed by atoms with Gasteiger partial charge in [-0.25, -0.2) is 4.79 Å². The Bertz CT molecular complexity index is 874. The van der Waals surface area contributed by atoms with Crippen LogP contribution in [0.15, 0.2) is 47.6 Å². The highest BCUT2D eigenvalue weighted by atomic mass is 16.4. The normalized spacial score (nSPS) is 13.8. The first kappa shape index (κ1) is 16.7. The number of hydrogen-bond donors (Lipinski definition) is 2. The Morgan fingerprint density at radius 3 is 2.76 bits per heavy atom. The summed E-state index contributed by atoms with van der Waals surface area (Å²) >= 11 is 0. The molecule has 2 aromatic carbocycles. The lowest BCUT2D eigenvalue weighted by Gasteiger charge is -2.11. The van der Waals surface area contributed by atoms with E-state index in [1.807, 2.05) is 25.1 Å². The quantitative estimate of drug-likeness (QED) is 0.649. The van der Waals surface area contributed by atoms with Crippen LogP contribution < -0.4 is 10.3 Å². The molecular weight excluding hydrogens is 318 g/mol. The molecule has 0 fully saturated rings. The second-order valence-corrected chi connectivity index (χ2v) is 5.88. The third kappa shape index (κ3) is 3.38. The molecule has 0 saturated heterocycles. The number of carbonyl (C=O) groups excluding carboxylic acids is 1. The molecule has 6 nitrogen and oxygen atoms in total. The van der Waals surface area contributed by atoms with E-state index in [-0.39, 0.29) is 11.5 Å². The summed E-state index contributed by atoms with van der Waals surface area (Å²) in [5, 5.41) is 13.5. The van der Waals surface area contributed by atoms with E-state index < -0.39 is 5.97 Å². The molecule has 6 heteroatoms. The van der Waals surface area contributed by atoms with Crippen LogP contribution in [0.2, 0.25) is 0 Å². The highest BCUT2D eigenvalue weighted by Crippen LogP contribution is 2.28. The number of aromatic carboxylic acids is 1. The number of carboxylic acids is 1. The van der Waals surface area contributed by atoms with Crippen LogP contribution in [-0.4, -0.2) is 29.7 Å². The van der Waals surface area contributed by atoms with Gasteiger partial charge in [-0.1, -0.05) is 19.1 Å². The van der Waals surface area contributed by atoms with Crippen molar-refractivity contribution in [3.63, 3.8) is 0 Å². The number of hydrazone groups is 1. The summed E-state index contributed by atoms with van der Waals surface area (Å²) in [5.74, 6) is -0.887. The predicted octanol–water partition coefficient (Wildman–Crippen LogP) is 3.13. The molecule has 0 unspecified atom stereocenters. The standard InChI is InChI=1S/C19H19N3O3/c1-3-16(21-20-15-6-4-5-13(10-15)19(24)25)12-7-8-17-14(9-12)11-18(23)22(17)2/h4-10,20H,3,11H2,1-2H3,(H,24,25)/b21-16-. The molecule has 128 valence electrons. The number of fused-ring (bicyclic) bond motifs is 1. The molecule has 0 aliphatic carbocycles. The van der Waals surface area contributed by atoms with Gasteiger partial charge in [-0.05, 0) is 47.9 Å². The molecule has 2 aromatic rings. The summed E-state index contributed by atoms with van der Waals surface area (Å²) in [6.45, 7) is 2.00. The zero-order chi connectivity index (χ0) is 18.0. The molecular formula is C19H19N3O3. The van der Waals surface area contributed by atoms with Gasteiger partial charge in [0.05, 0.1) is 23.4 Å². The number of nitrogens with one attached hydrogen (secondary N) is 1. The van der Waals surface area contributed by atoms with Gasteiger partial charge in [0.15, 0.2) is 0 Å². The number of anilines is 2. The molecule has 0 bridgehead atoms. The Morgan fingerprint density at radius 2 is 2.04 bits per heavy atom. The van der Waals surface area contributed by atoms with Crippen LogP contribution in [0.3, 0.4) is 0 Å². The van der Waals surface area contributed by atoms with Gasteiger partial charge in [-0.3, -0.25) is 10.2 Å². The molecule has 0 aromatic heterocycles. The van der Waals surface area contributed by atoms with Gasteiger partial charge in [0.1, 0.15) is 0 Å². The second kappa shape index (κ2) is 6.76. The number of hydrogen-bond acceptors (Lipinski definition) is 4. The molecule has 1 aliphatic rings. The number of amides is 1. The van der Waals surface area contributed by atoms with Crippen LogP contribution in [0.4, 0.5) is 11.4 Å². The molecule has 25 heavy (non-hydrogen) atoms. The summed E-state index contributed by atoms with van der Waals surface area (Å²) in [4.78, 5) is 24.5. The Kier molecular flexibility index (Phi) is 4.52. The first-order valence-electron chi connectivity index (χ1n) is 8.05. The number of benzene rings is 2. The largest absolute Gasteiger partial charge is 0.478 e. The van der Waals surface area contributed by atoms with Gasteiger partial charge < -0.3 is 10.0 Å². The van der Waals surface area contributed by atoms with Gasteiger partial charge in [0, 0.05) is 12.7 Å². The van der Waals surface area contributed by atoms with E-state index in [4.69, 9.17) is 5.11 Å². The Hall–Kier alpha value is -3.15. The van der Waals surface area contributed by atoms with Crippen molar-refractivity contribution in [1.82, 2.24) is 0 Å². The van der Waals surface area contributed by atoms with Crippen LogP contribution in [0.25, 0.3) is 0 Å². The predicted molar refractivity (Wildman–Crippen MR) is 97.4 cm³/mol. The van der Waals surface area contributed by atoms with E-state index >= 15 is 0 Å². The van der Waals surface area contributed by atoms with E-state index in [0.29, 0.717) is 18.5 Å². The summed E-state index contributed by atoms with van der Waals surface area (Å²) in [6, 6.07) is 12.4. The minimum absolute atomic E-state index is 0.0887. The fourth-order valence-electron chi connectivity index (χ4n) is 2.85. The monoisotopic (exact) mass is 337 g/mol. The lowest BCUT2D eigenvalue weighted by Crippen LogP contribution is -2.20. The zero-order valence-electron chi connectivity index (χ0n) is 14.1. The number of carbonyl (C=O) groups is 2. The van der Waals surface area contributed by atoms with Crippen molar-refractivity contribution in [2.75, 3.05) is 17.4 Å². The van der Waals surface area contributed by atoms with Crippen LogP contribution >= 0.6 is 0 Å². The van der Waals surface area contributed by atoms with E-state index in [1.54, 1.807) is 24.1 Å². The minimum atomic E-state index is -0.976. The summed E-state index contributed by atoms with van der Waals surface area (Å²) in [6.07, 6.45) is 1.11. The molecule has 0 saturated carbocycles. The zero-order valence-corrected chi connectivity index (χ0v) is 14.1. The van der Waals surface area contributed by atoms with Crippen molar-refractivity contribution in [3.05, 3.63) is 59.2 Å². The SMILES string of the molecule is CC/C(=N/Nc1cccc(C(=O)O)c1)c1ccc2c(c1)CC(=O)N2C. The van der Waals surface area contributed by atoms with Crippen LogP contribution in [0.1, 0.15) is 34.8 Å². The number of carboxylic acid groups (broad SMARTS) is 1. The third-order valence-electron chi connectivity index (χ3n) is 4.25. The third-order valence-corrected chi connectivity index (χ3v) is 4.25. The maximum absolute atomic E-state index is 11.8. The lowest BCUT2D eigenvalue weighted by atomic mass is 10.0. The summed E-state index contributed by atoms with van der Waals surface area (Å²) in [5.41, 5.74) is 7.46. The van der Waals surface area contributed by atoms with Gasteiger partial charge in [-0.15, -0.1) is 0 Å². The Labute approximate surface area is 145 Å². The van der Waals surface area contributed by atoms with E-state index in [9.17, 15) is 9.59 Å². The van der Waals surface area contributed by atoms with E-state index in [1.165, 1.54) is 12.1 Å². The Balaban J connectivity index is 1.84. The summed E-state index contributed by atoms with van der Waals surface area (Å²) < 4.78 is 0. The smallest absolute Gasteiger partial charge is 0.335 e. The second-order valence-electron chi connectivity index (χ2n) is 5.88. The molecule has 1 amide bonds. The minimum Gasteiger partial charge on any atom is -0.478 e. The van der Waals surface area contributed by atoms with Gasteiger partial charge in [-0.2, -0.15) is 5.10 Å². The maximum atomic E-state index is 11.8.